The average Bonchev–Trinajstić information content (AvgIpc) is 2.89. The van der Waals surface area contributed by atoms with Crippen LogP contribution in [0.15, 0.2) is 24.5 Å². The highest BCUT2D eigenvalue weighted by Crippen LogP contribution is 2.28. The van der Waals surface area contributed by atoms with Crippen LogP contribution < -0.4 is 5.32 Å². The molecule has 2 aromatic rings. The lowest BCUT2D eigenvalue weighted by Crippen LogP contribution is -2.08. The molecule has 112 valence electrons. The van der Waals surface area contributed by atoms with Crippen molar-refractivity contribution >= 4 is 28.0 Å². The van der Waals surface area contributed by atoms with Crippen LogP contribution in [0.2, 0.25) is 0 Å². The van der Waals surface area contributed by atoms with Crippen LogP contribution in [0.25, 0.3) is 0 Å². The van der Waals surface area contributed by atoms with Gasteiger partial charge in [0.15, 0.2) is 5.69 Å². The van der Waals surface area contributed by atoms with E-state index in [1.54, 1.807) is 26.4 Å². The number of rotatable bonds is 7. The number of carbonyl (C=O) groups is 1. The van der Waals surface area contributed by atoms with E-state index in [4.69, 9.17) is 9.47 Å². The maximum Gasteiger partial charge on any atom is 0.360 e. The molecule has 2 heterocycles. The molecule has 0 unspecified atom stereocenters. The van der Waals surface area contributed by atoms with E-state index in [9.17, 15) is 4.79 Å². The van der Waals surface area contributed by atoms with E-state index in [2.05, 4.69) is 15.3 Å². The Labute approximate surface area is 127 Å². The third kappa shape index (κ3) is 4.24. The fraction of sp³-hybridized carbons (Fsp3) is 0.357. The number of thiazole rings is 1. The first-order valence-electron chi connectivity index (χ1n) is 6.57. The van der Waals surface area contributed by atoms with Crippen molar-refractivity contribution in [3.63, 3.8) is 0 Å². The lowest BCUT2D eigenvalue weighted by molar-refractivity contribution is 0.0521. The second-order valence-corrected chi connectivity index (χ2v) is 5.20. The van der Waals surface area contributed by atoms with Gasteiger partial charge in [0.2, 0.25) is 0 Å². The average molecular weight is 307 g/mol. The first-order valence-corrected chi connectivity index (χ1v) is 7.39. The number of methoxy groups -OCH3 is 1. The van der Waals surface area contributed by atoms with Gasteiger partial charge in [0.1, 0.15) is 5.00 Å². The number of pyridine rings is 1. The highest BCUT2D eigenvalue weighted by Gasteiger charge is 2.19. The first-order chi connectivity index (χ1) is 10.2. The molecular formula is C14H17N3O3S. The summed E-state index contributed by atoms with van der Waals surface area (Å²) in [6, 6.07) is 3.69. The predicted octanol–water partition coefficient (Wildman–Crippen LogP) is 2.65. The molecule has 2 aromatic heterocycles. The van der Waals surface area contributed by atoms with Crippen LogP contribution in [0.1, 0.15) is 22.4 Å². The molecule has 0 saturated carbocycles. The van der Waals surface area contributed by atoms with Crippen molar-refractivity contribution in [3.8, 4) is 0 Å². The molecule has 2 rings (SSSR count). The number of nitrogens with one attached hydrogen (secondary N) is 1. The van der Waals surface area contributed by atoms with Gasteiger partial charge in [-0.1, -0.05) is 0 Å². The van der Waals surface area contributed by atoms with Crippen molar-refractivity contribution in [2.45, 2.75) is 13.3 Å². The highest BCUT2D eigenvalue weighted by molar-refractivity contribution is 7.16. The number of nitrogens with zero attached hydrogens (tertiary/aromatic N) is 2. The van der Waals surface area contributed by atoms with Crippen LogP contribution in [0.4, 0.5) is 10.7 Å². The second kappa shape index (κ2) is 7.70. The maximum absolute atomic E-state index is 12.0. The van der Waals surface area contributed by atoms with Gasteiger partial charge in [0.05, 0.1) is 30.1 Å². The Kier molecular flexibility index (Phi) is 5.65. The van der Waals surface area contributed by atoms with Gasteiger partial charge in [-0.2, -0.15) is 0 Å². The van der Waals surface area contributed by atoms with Crippen LogP contribution in [-0.2, 0) is 15.9 Å². The standard InChI is InChI=1S/C14H17N3O3S/c1-3-20-14(18)12-13(16-10-5-4-7-15-9-10)21-11(17-12)6-8-19-2/h4-5,7,9,16H,3,6,8H2,1-2H3. The smallest absolute Gasteiger partial charge is 0.360 e. The number of esters is 1. The number of hydrogen-bond donors (Lipinski definition) is 1. The molecular weight excluding hydrogens is 290 g/mol. The number of anilines is 2. The minimum Gasteiger partial charge on any atom is -0.461 e. The van der Waals surface area contributed by atoms with Gasteiger partial charge in [-0.3, -0.25) is 4.98 Å². The fourth-order valence-corrected chi connectivity index (χ4v) is 2.60. The topological polar surface area (TPSA) is 73.3 Å². The van der Waals surface area contributed by atoms with E-state index >= 15 is 0 Å². The summed E-state index contributed by atoms with van der Waals surface area (Å²) in [7, 11) is 1.63. The van der Waals surface area contributed by atoms with E-state index in [-0.39, 0.29) is 0 Å². The number of carbonyl (C=O) groups excluding carboxylic acids is 1. The summed E-state index contributed by atoms with van der Waals surface area (Å²) in [5, 5.41) is 4.65. The van der Waals surface area contributed by atoms with Crippen LogP contribution in [0, 0.1) is 0 Å². The van der Waals surface area contributed by atoms with Gasteiger partial charge < -0.3 is 14.8 Å². The van der Waals surface area contributed by atoms with Crippen LogP contribution in [0.5, 0.6) is 0 Å². The van der Waals surface area contributed by atoms with Crippen molar-refractivity contribution in [1.82, 2.24) is 9.97 Å². The van der Waals surface area contributed by atoms with E-state index in [1.165, 1.54) is 11.3 Å². The minimum atomic E-state index is -0.427. The number of ether oxygens (including phenoxy) is 2. The molecule has 0 radical (unpaired) electrons. The van der Waals surface area contributed by atoms with Crippen molar-refractivity contribution < 1.29 is 14.3 Å². The Morgan fingerprint density at radius 1 is 1.48 bits per heavy atom. The van der Waals surface area contributed by atoms with Gasteiger partial charge in [0, 0.05) is 19.7 Å². The number of aromatic nitrogens is 2. The molecule has 6 nitrogen and oxygen atoms in total. The van der Waals surface area contributed by atoms with Crippen molar-refractivity contribution in [1.29, 1.82) is 0 Å². The SMILES string of the molecule is CCOC(=O)c1nc(CCOC)sc1Nc1cccnc1. The van der Waals surface area contributed by atoms with E-state index in [1.807, 2.05) is 12.1 Å². The predicted molar refractivity (Wildman–Crippen MR) is 81.2 cm³/mol. The minimum absolute atomic E-state index is 0.303. The lowest BCUT2D eigenvalue weighted by Gasteiger charge is -2.04. The molecule has 1 N–H and O–H groups in total. The van der Waals surface area contributed by atoms with Crippen molar-refractivity contribution in [2.75, 3.05) is 25.6 Å². The molecule has 0 atom stereocenters. The quantitative estimate of drug-likeness (QED) is 0.793. The summed E-state index contributed by atoms with van der Waals surface area (Å²) in [5.74, 6) is -0.427. The van der Waals surface area contributed by atoms with E-state index in [0.29, 0.717) is 30.3 Å². The molecule has 0 aliphatic carbocycles. The molecule has 0 aliphatic heterocycles. The summed E-state index contributed by atoms with van der Waals surface area (Å²) < 4.78 is 10.1. The van der Waals surface area contributed by atoms with Crippen LogP contribution in [0.3, 0.4) is 0 Å². The Morgan fingerprint density at radius 2 is 2.33 bits per heavy atom. The zero-order valence-electron chi connectivity index (χ0n) is 12.0. The third-order valence-electron chi connectivity index (χ3n) is 2.58. The monoisotopic (exact) mass is 307 g/mol. The lowest BCUT2D eigenvalue weighted by atomic mass is 10.4. The Hall–Kier alpha value is -1.99. The summed E-state index contributed by atoms with van der Waals surface area (Å²) in [5.41, 5.74) is 1.10. The molecule has 7 heteroatoms. The Balaban J connectivity index is 2.23. The molecule has 0 bridgehead atoms. The Bertz CT molecular complexity index is 586. The largest absolute Gasteiger partial charge is 0.461 e. The fourth-order valence-electron chi connectivity index (χ4n) is 1.65. The Morgan fingerprint density at radius 3 is 3.00 bits per heavy atom. The van der Waals surface area contributed by atoms with Gasteiger partial charge in [-0.25, -0.2) is 9.78 Å². The van der Waals surface area contributed by atoms with E-state index in [0.717, 1.165) is 10.7 Å². The van der Waals surface area contributed by atoms with Gasteiger partial charge in [-0.15, -0.1) is 11.3 Å². The molecule has 0 aliphatic rings. The molecule has 0 amide bonds. The molecule has 0 aromatic carbocycles. The number of hydrogen-bond acceptors (Lipinski definition) is 7. The second-order valence-electron chi connectivity index (χ2n) is 4.12. The van der Waals surface area contributed by atoms with E-state index < -0.39 is 5.97 Å². The van der Waals surface area contributed by atoms with Gasteiger partial charge >= 0.3 is 5.97 Å². The van der Waals surface area contributed by atoms with Gasteiger partial charge in [0.25, 0.3) is 0 Å². The molecule has 21 heavy (non-hydrogen) atoms. The summed E-state index contributed by atoms with van der Waals surface area (Å²) in [6.07, 6.45) is 4.03. The zero-order valence-corrected chi connectivity index (χ0v) is 12.8. The summed E-state index contributed by atoms with van der Waals surface area (Å²) in [6.45, 7) is 2.64. The maximum atomic E-state index is 12.0. The molecule has 0 spiro atoms. The third-order valence-corrected chi connectivity index (χ3v) is 3.61. The van der Waals surface area contributed by atoms with Crippen molar-refractivity contribution in [3.05, 3.63) is 35.2 Å². The molecule has 0 fully saturated rings. The zero-order chi connectivity index (χ0) is 15.1. The molecule has 0 saturated heterocycles. The van der Waals surface area contributed by atoms with Crippen LogP contribution in [-0.4, -0.2) is 36.3 Å². The summed E-state index contributed by atoms with van der Waals surface area (Å²) in [4.78, 5) is 20.4. The normalized spacial score (nSPS) is 10.4. The highest BCUT2D eigenvalue weighted by atomic mass is 32.1. The van der Waals surface area contributed by atoms with Crippen molar-refractivity contribution in [2.24, 2.45) is 0 Å². The van der Waals surface area contributed by atoms with Crippen LogP contribution >= 0.6 is 11.3 Å². The first kappa shape index (κ1) is 15.4. The summed E-state index contributed by atoms with van der Waals surface area (Å²) >= 11 is 1.42. The van der Waals surface area contributed by atoms with Gasteiger partial charge in [-0.05, 0) is 19.1 Å².